The van der Waals surface area contributed by atoms with Crippen molar-refractivity contribution < 1.29 is 8.83 Å². The Morgan fingerprint density at radius 3 is 2.68 bits per heavy atom. The van der Waals surface area contributed by atoms with E-state index in [2.05, 4.69) is 27.8 Å². The van der Waals surface area contributed by atoms with Gasteiger partial charge in [0.15, 0.2) is 10.9 Å². The molecule has 1 fully saturated rings. The molecule has 6 nitrogen and oxygen atoms in total. The Morgan fingerprint density at radius 2 is 1.90 bits per heavy atom. The van der Waals surface area contributed by atoms with Gasteiger partial charge < -0.3 is 8.83 Å². The number of aromatic nitrogens is 3. The first-order valence-corrected chi connectivity index (χ1v) is 11.7. The Bertz CT molecular complexity index is 1270. The molecule has 7 heteroatoms. The van der Waals surface area contributed by atoms with Crippen LogP contribution in [-0.4, -0.2) is 14.8 Å². The third-order valence-corrected chi connectivity index (χ3v) is 7.14. The second-order valence-corrected chi connectivity index (χ2v) is 9.20. The van der Waals surface area contributed by atoms with Crippen LogP contribution in [-0.2, 0) is 5.75 Å². The summed E-state index contributed by atoms with van der Waals surface area (Å²) in [6, 6.07) is 9.82. The van der Waals surface area contributed by atoms with Crippen molar-refractivity contribution in [1.29, 1.82) is 0 Å². The second kappa shape index (κ2) is 8.38. The number of fused-ring (bicyclic) bond motifs is 1. The standard InChI is InChI=1S/C24H25N3O3S/c1-15-11-19-17(13-22(28)30-21(19)12-16(15)2)14-31-24-26-25-23(20-9-6-10-29-20)27(24)18-7-4-3-5-8-18/h6,9-13,18H,3-5,7-8,14H2,1-2H3. The summed E-state index contributed by atoms with van der Waals surface area (Å²) in [6.45, 7) is 4.10. The molecule has 0 bridgehead atoms. The normalized spacial score (nSPS) is 15.0. The van der Waals surface area contributed by atoms with Crippen molar-refractivity contribution in [3.8, 4) is 11.6 Å². The first-order chi connectivity index (χ1) is 15.1. The van der Waals surface area contributed by atoms with E-state index in [-0.39, 0.29) is 5.63 Å². The Kier molecular flexibility index (Phi) is 5.44. The minimum Gasteiger partial charge on any atom is -0.461 e. The molecule has 0 radical (unpaired) electrons. The predicted octanol–water partition coefficient (Wildman–Crippen LogP) is 6.06. The fourth-order valence-electron chi connectivity index (χ4n) is 4.36. The van der Waals surface area contributed by atoms with Crippen LogP contribution in [0, 0.1) is 13.8 Å². The van der Waals surface area contributed by atoms with Crippen molar-refractivity contribution in [3.05, 3.63) is 63.7 Å². The van der Waals surface area contributed by atoms with E-state index in [0.29, 0.717) is 17.4 Å². The van der Waals surface area contributed by atoms with Crippen LogP contribution in [0.2, 0.25) is 0 Å². The van der Waals surface area contributed by atoms with Gasteiger partial charge >= 0.3 is 5.63 Å². The van der Waals surface area contributed by atoms with Gasteiger partial charge in [-0.2, -0.15) is 0 Å². The summed E-state index contributed by atoms with van der Waals surface area (Å²) in [7, 11) is 0. The van der Waals surface area contributed by atoms with Crippen LogP contribution in [0.5, 0.6) is 0 Å². The van der Waals surface area contributed by atoms with Crippen LogP contribution >= 0.6 is 11.8 Å². The maximum Gasteiger partial charge on any atom is 0.336 e. The van der Waals surface area contributed by atoms with Gasteiger partial charge in [0.1, 0.15) is 5.58 Å². The molecule has 31 heavy (non-hydrogen) atoms. The van der Waals surface area contributed by atoms with E-state index in [1.54, 1.807) is 24.1 Å². The molecule has 0 aliphatic heterocycles. The molecule has 0 unspecified atom stereocenters. The molecule has 0 spiro atoms. The molecule has 0 saturated heterocycles. The SMILES string of the molecule is Cc1cc2oc(=O)cc(CSc3nnc(-c4ccco4)n3C3CCCCC3)c2cc1C. The first kappa shape index (κ1) is 20.1. The van der Waals surface area contributed by atoms with Gasteiger partial charge in [-0.05, 0) is 67.6 Å². The number of rotatable bonds is 5. The molecule has 5 rings (SSSR count). The van der Waals surface area contributed by atoms with Crippen molar-refractivity contribution in [2.45, 2.75) is 62.9 Å². The van der Waals surface area contributed by atoms with Gasteiger partial charge in [-0.1, -0.05) is 31.0 Å². The van der Waals surface area contributed by atoms with E-state index in [9.17, 15) is 4.79 Å². The summed E-state index contributed by atoms with van der Waals surface area (Å²) in [5, 5.41) is 10.8. The van der Waals surface area contributed by atoms with Gasteiger partial charge in [0.2, 0.25) is 5.82 Å². The van der Waals surface area contributed by atoms with Crippen molar-refractivity contribution in [2.75, 3.05) is 0 Å². The quantitative estimate of drug-likeness (QED) is 0.280. The van der Waals surface area contributed by atoms with E-state index >= 15 is 0 Å². The van der Waals surface area contributed by atoms with Gasteiger partial charge in [0.25, 0.3) is 0 Å². The second-order valence-electron chi connectivity index (χ2n) is 8.26. The lowest BCUT2D eigenvalue weighted by molar-refractivity contribution is 0.337. The summed E-state index contributed by atoms with van der Waals surface area (Å²) in [6.07, 6.45) is 7.62. The van der Waals surface area contributed by atoms with Gasteiger partial charge in [0.05, 0.1) is 6.26 Å². The monoisotopic (exact) mass is 435 g/mol. The van der Waals surface area contributed by atoms with E-state index in [4.69, 9.17) is 8.83 Å². The summed E-state index contributed by atoms with van der Waals surface area (Å²) in [4.78, 5) is 12.2. The third kappa shape index (κ3) is 3.94. The maximum atomic E-state index is 12.2. The predicted molar refractivity (Wildman–Crippen MR) is 121 cm³/mol. The molecular weight excluding hydrogens is 410 g/mol. The highest BCUT2D eigenvalue weighted by Crippen LogP contribution is 2.37. The molecule has 0 amide bonds. The Hall–Kier alpha value is -2.80. The van der Waals surface area contributed by atoms with Crippen molar-refractivity contribution in [3.63, 3.8) is 0 Å². The van der Waals surface area contributed by atoms with Gasteiger partial charge in [0, 0.05) is 23.2 Å². The van der Waals surface area contributed by atoms with Crippen LogP contribution in [0.1, 0.15) is 54.8 Å². The zero-order chi connectivity index (χ0) is 21.4. The van der Waals surface area contributed by atoms with E-state index in [0.717, 1.165) is 46.1 Å². The molecule has 4 aromatic rings. The van der Waals surface area contributed by atoms with Crippen LogP contribution in [0.4, 0.5) is 0 Å². The molecule has 3 heterocycles. The lowest BCUT2D eigenvalue weighted by Crippen LogP contribution is -2.15. The van der Waals surface area contributed by atoms with Crippen LogP contribution in [0.3, 0.4) is 0 Å². The fourth-order valence-corrected chi connectivity index (χ4v) is 5.36. The zero-order valence-electron chi connectivity index (χ0n) is 17.8. The molecule has 1 aliphatic rings. The highest BCUT2D eigenvalue weighted by Gasteiger charge is 2.25. The summed E-state index contributed by atoms with van der Waals surface area (Å²) in [5.41, 5.74) is 3.56. The maximum absolute atomic E-state index is 12.2. The van der Waals surface area contributed by atoms with Gasteiger partial charge in [-0.3, -0.25) is 4.57 Å². The molecule has 1 aromatic carbocycles. The van der Waals surface area contributed by atoms with E-state index in [1.165, 1.54) is 24.8 Å². The number of thioether (sulfide) groups is 1. The number of hydrogen-bond acceptors (Lipinski definition) is 6. The lowest BCUT2D eigenvalue weighted by Gasteiger charge is -2.25. The lowest BCUT2D eigenvalue weighted by atomic mass is 9.95. The molecule has 0 atom stereocenters. The summed E-state index contributed by atoms with van der Waals surface area (Å²) < 4.78 is 13.3. The first-order valence-electron chi connectivity index (χ1n) is 10.8. The molecular formula is C24H25N3O3S. The van der Waals surface area contributed by atoms with Gasteiger partial charge in [-0.15, -0.1) is 10.2 Å². The fraction of sp³-hybridized carbons (Fsp3) is 0.375. The summed E-state index contributed by atoms with van der Waals surface area (Å²) >= 11 is 1.61. The molecule has 160 valence electrons. The minimum atomic E-state index is -0.323. The van der Waals surface area contributed by atoms with Gasteiger partial charge in [-0.25, -0.2) is 4.79 Å². The van der Waals surface area contributed by atoms with E-state index < -0.39 is 0 Å². The number of hydrogen-bond donors (Lipinski definition) is 0. The van der Waals surface area contributed by atoms with Crippen molar-refractivity contribution in [1.82, 2.24) is 14.8 Å². The Morgan fingerprint density at radius 1 is 1.10 bits per heavy atom. The van der Waals surface area contributed by atoms with Crippen LogP contribution < -0.4 is 5.63 Å². The topological polar surface area (TPSA) is 74.1 Å². The smallest absolute Gasteiger partial charge is 0.336 e. The molecule has 1 aliphatic carbocycles. The Labute approximate surface area is 184 Å². The summed E-state index contributed by atoms with van der Waals surface area (Å²) in [5.74, 6) is 2.14. The van der Waals surface area contributed by atoms with E-state index in [1.807, 2.05) is 25.1 Å². The van der Waals surface area contributed by atoms with Crippen LogP contribution in [0.15, 0.2) is 55.4 Å². The number of aryl methyl sites for hydroxylation is 2. The largest absolute Gasteiger partial charge is 0.461 e. The third-order valence-electron chi connectivity index (χ3n) is 6.15. The van der Waals surface area contributed by atoms with Crippen LogP contribution in [0.25, 0.3) is 22.6 Å². The van der Waals surface area contributed by atoms with Crippen molar-refractivity contribution >= 4 is 22.7 Å². The average molecular weight is 436 g/mol. The van der Waals surface area contributed by atoms with Crippen molar-refractivity contribution in [2.24, 2.45) is 0 Å². The molecule has 0 N–H and O–H groups in total. The average Bonchev–Trinajstić information content (AvgIpc) is 3.43. The Balaban J connectivity index is 1.51. The molecule has 3 aromatic heterocycles. The highest BCUT2D eigenvalue weighted by atomic mass is 32.2. The number of benzene rings is 1. The zero-order valence-corrected chi connectivity index (χ0v) is 18.6. The number of furan rings is 1. The highest BCUT2D eigenvalue weighted by molar-refractivity contribution is 7.98. The number of nitrogens with zero attached hydrogens (tertiary/aromatic N) is 3. The molecule has 1 saturated carbocycles. The minimum absolute atomic E-state index is 0.323.